The van der Waals surface area contributed by atoms with Crippen molar-refractivity contribution in [3.63, 3.8) is 0 Å². The third kappa shape index (κ3) is 1.93. The highest BCUT2D eigenvalue weighted by molar-refractivity contribution is 5.30. The van der Waals surface area contributed by atoms with Gasteiger partial charge in [-0.25, -0.2) is 13.2 Å². The Kier molecular flexibility index (Phi) is 3.35. The molecule has 0 aromatic heterocycles. The van der Waals surface area contributed by atoms with Gasteiger partial charge in [0.15, 0.2) is 5.75 Å². The van der Waals surface area contributed by atoms with E-state index in [2.05, 4.69) is 0 Å². The van der Waals surface area contributed by atoms with E-state index in [1.165, 1.54) is 0 Å². The molecule has 2 atom stereocenters. The van der Waals surface area contributed by atoms with Gasteiger partial charge >= 0.3 is 0 Å². The summed E-state index contributed by atoms with van der Waals surface area (Å²) in [6.07, 6.45) is 1.65. The second kappa shape index (κ2) is 4.83. The topological polar surface area (TPSA) is 29.5 Å². The molecule has 0 aliphatic heterocycles. The van der Waals surface area contributed by atoms with Gasteiger partial charge in [-0.3, -0.25) is 0 Å². The normalized spacial score (nSPS) is 27.0. The fourth-order valence-corrected chi connectivity index (χ4v) is 3.41. The molecule has 2 nitrogen and oxygen atoms in total. The van der Waals surface area contributed by atoms with E-state index < -0.39 is 52.5 Å². The number of aliphatic hydroxyl groups is 1. The van der Waals surface area contributed by atoms with Crippen molar-refractivity contribution in [2.24, 2.45) is 5.41 Å². The smallest absolute Gasteiger partial charge is 0.207 e. The molecule has 3 rings (SSSR count). The van der Waals surface area contributed by atoms with Gasteiger partial charge in [0.2, 0.25) is 29.1 Å². The molecule has 1 aromatic rings. The quantitative estimate of drug-likeness (QED) is 0.515. The third-order valence-corrected chi connectivity index (χ3v) is 4.71. The lowest BCUT2D eigenvalue weighted by molar-refractivity contribution is -0.153. The third-order valence-electron chi connectivity index (χ3n) is 4.71. The number of hydrogen-bond donors (Lipinski definition) is 1. The fraction of sp³-hybridized carbons (Fsp3) is 0.571. The number of hydrogen-bond acceptors (Lipinski definition) is 2. The van der Waals surface area contributed by atoms with Crippen LogP contribution in [0.1, 0.15) is 32.1 Å². The van der Waals surface area contributed by atoms with Gasteiger partial charge in [0.25, 0.3) is 0 Å². The molecule has 2 unspecified atom stereocenters. The molecular formula is C14H13F5O2. The highest BCUT2D eigenvalue weighted by Crippen LogP contribution is 2.55. The first-order valence-electron chi connectivity index (χ1n) is 6.74. The predicted octanol–water partition coefficient (Wildman–Crippen LogP) is 3.45. The van der Waals surface area contributed by atoms with Crippen LogP contribution in [0, 0.1) is 34.5 Å². The minimum Gasteiger partial charge on any atom is -0.483 e. The standard InChI is InChI=1S/C14H13F5O2/c15-8-9(16)11(18)13(12(19)10(8)17)21-7-5-6(20)14(7)3-1-2-4-14/h6-7,20H,1-5H2. The molecule has 1 spiro atoms. The first-order chi connectivity index (χ1) is 9.88. The molecular weight excluding hydrogens is 295 g/mol. The molecule has 2 saturated carbocycles. The summed E-state index contributed by atoms with van der Waals surface area (Å²) in [6.45, 7) is 0. The summed E-state index contributed by atoms with van der Waals surface area (Å²) in [5.74, 6) is -11.5. The highest BCUT2D eigenvalue weighted by Gasteiger charge is 2.57. The van der Waals surface area contributed by atoms with E-state index in [4.69, 9.17) is 4.74 Å². The average Bonchev–Trinajstić information content (AvgIpc) is 2.99. The van der Waals surface area contributed by atoms with E-state index in [1.54, 1.807) is 0 Å². The maximum atomic E-state index is 13.6. The molecule has 2 aliphatic carbocycles. The number of benzene rings is 1. The Balaban J connectivity index is 1.93. The maximum Gasteiger partial charge on any atom is 0.207 e. The van der Waals surface area contributed by atoms with Crippen LogP contribution in [0.3, 0.4) is 0 Å². The lowest BCUT2D eigenvalue weighted by Gasteiger charge is -2.51. The predicted molar refractivity (Wildman–Crippen MR) is 62.2 cm³/mol. The molecule has 21 heavy (non-hydrogen) atoms. The van der Waals surface area contributed by atoms with Crippen molar-refractivity contribution in [2.45, 2.75) is 44.3 Å². The molecule has 2 fully saturated rings. The van der Waals surface area contributed by atoms with Crippen LogP contribution in [0.4, 0.5) is 22.0 Å². The van der Waals surface area contributed by atoms with Crippen molar-refractivity contribution < 1.29 is 31.8 Å². The maximum absolute atomic E-state index is 13.6. The zero-order valence-corrected chi connectivity index (χ0v) is 10.9. The van der Waals surface area contributed by atoms with Gasteiger partial charge in [0, 0.05) is 11.8 Å². The van der Waals surface area contributed by atoms with Gasteiger partial charge in [-0.15, -0.1) is 0 Å². The molecule has 0 radical (unpaired) electrons. The largest absolute Gasteiger partial charge is 0.483 e. The Hall–Kier alpha value is -1.37. The zero-order valence-electron chi connectivity index (χ0n) is 10.9. The second-order valence-electron chi connectivity index (χ2n) is 5.70. The van der Waals surface area contributed by atoms with Crippen molar-refractivity contribution in [3.8, 4) is 5.75 Å². The Bertz CT molecular complexity index is 554. The molecule has 2 aliphatic rings. The van der Waals surface area contributed by atoms with Crippen molar-refractivity contribution in [1.82, 2.24) is 0 Å². The highest BCUT2D eigenvalue weighted by atomic mass is 19.2. The summed E-state index contributed by atoms with van der Waals surface area (Å²) in [7, 11) is 0. The first kappa shape index (κ1) is 14.6. The van der Waals surface area contributed by atoms with Crippen LogP contribution in [-0.4, -0.2) is 17.3 Å². The van der Waals surface area contributed by atoms with Crippen molar-refractivity contribution >= 4 is 0 Å². The lowest BCUT2D eigenvalue weighted by Crippen LogP contribution is -2.58. The molecule has 1 aromatic carbocycles. The lowest BCUT2D eigenvalue weighted by atomic mass is 9.62. The van der Waals surface area contributed by atoms with Crippen molar-refractivity contribution in [3.05, 3.63) is 29.1 Å². The molecule has 0 amide bonds. The number of rotatable bonds is 2. The van der Waals surface area contributed by atoms with Gasteiger partial charge in [-0.05, 0) is 12.8 Å². The fourth-order valence-electron chi connectivity index (χ4n) is 3.41. The van der Waals surface area contributed by atoms with E-state index in [0.717, 1.165) is 12.8 Å². The Labute approximate surface area is 117 Å². The van der Waals surface area contributed by atoms with Gasteiger partial charge in [0.1, 0.15) is 6.10 Å². The second-order valence-corrected chi connectivity index (χ2v) is 5.70. The Morgan fingerprint density at radius 2 is 1.33 bits per heavy atom. The van der Waals surface area contributed by atoms with Crippen LogP contribution < -0.4 is 4.74 Å². The van der Waals surface area contributed by atoms with Crippen molar-refractivity contribution in [1.29, 1.82) is 0 Å². The number of ether oxygens (including phenoxy) is 1. The summed E-state index contributed by atoms with van der Waals surface area (Å²) in [5.41, 5.74) is -0.625. The number of aliphatic hydroxyl groups excluding tert-OH is 1. The van der Waals surface area contributed by atoms with Gasteiger partial charge in [0.05, 0.1) is 6.10 Å². The molecule has 1 N–H and O–H groups in total. The summed E-state index contributed by atoms with van der Waals surface area (Å²) >= 11 is 0. The minimum absolute atomic E-state index is 0.124. The van der Waals surface area contributed by atoms with Crippen LogP contribution in [-0.2, 0) is 0 Å². The van der Waals surface area contributed by atoms with Crippen LogP contribution in [0.25, 0.3) is 0 Å². The van der Waals surface area contributed by atoms with E-state index >= 15 is 0 Å². The molecule has 7 heteroatoms. The van der Waals surface area contributed by atoms with Gasteiger partial charge < -0.3 is 9.84 Å². The van der Waals surface area contributed by atoms with Crippen LogP contribution in [0.2, 0.25) is 0 Å². The first-order valence-corrected chi connectivity index (χ1v) is 6.74. The average molecular weight is 308 g/mol. The molecule has 0 saturated heterocycles. The molecule has 0 heterocycles. The number of halogens is 5. The summed E-state index contributed by atoms with van der Waals surface area (Å²) in [6, 6.07) is 0. The van der Waals surface area contributed by atoms with Crippen LogP contribution in [0.5, 0.6) is 5.75 Å². The monoisotopic (exact) mass is 308 g/mol. The summed E-state index contributed by atoms with van der Waals surface area (Å²) < 4.78 is 71.5. The SMILES string of the molecule is OC1CC(Oc2c(F)c(F)c(F)c(F)c2F)C12CCCC2. The van der Waals surface area contributed by atoms with Gasteiger partial charge in [-0.1, -0.05) is 12.8 Å². The van der Waals surface area contributed by atoms with Crippen LogP contribution in [0.15, 0.2) is 0 Å². The van der Waals surface area contributed by atoms with Crippen LogP contribution >= 0.6 is 0 Å². The Morgan fingerprint density at radius 3 is 1.81 bits per heavy atom. The van der Waals surface area contributed by atoms with E-state index in [1.807, 2.05) is 0 Å². The van der Waals surface area contributed by atoms with Gasteiger partial charge in [-0.2, -0.15) is 8.78 Å². The van der Waals surface area contributed by atoms with Crippen molar-refractivity contribution in [2.75, 3.05) is 0 Å². The van der Waals surface area contributed by atoms with E-state index in [-0.39, 0.29) is 6.42 Å². The van der Waals surface area contributed by atoms with E-state index in [9.17, 15) is 27.1 Å². The Morgan fingerprint density at radius 1 is 0.857 bits per heavy atom. The summed E-state index contributed by atoms with van der Waals surface area (Å²) in [5, 5.41) is 9.86. The minimum atomic E-state index is -2.21. The summed E-state index contributed by atoms with van der Waals surface area (Å²) in [4.78, 5) is 0. The van der Waals surface area contributed by atoms with E-state index in [0.29, 0.717) is 12.8 Å². The molecule has 116 valence electrons. The molecule has 0 bridgehead atoms. The zero-order chi connectivity index (χ0) is 15.4.